The maximum Gasteiger partial charge on any atom is 0.414 e. The van der Waals surface area contributed by atoms with E-state index in [0.29, 0.717) is 30.0 Å². The Morgan fingerprint density at radius 1 is 0.974 bits per heavy atom. The van der Waals surface area contributed by atoms with Crippen LogP contribution in [0.15, 0.2) is 29.2 Å². The molecule has 1 aliphatic rings. The molecule has 39 heavy (non-hydrogen) atoms. The standard InChI is InChI=1S/C25H32N4O8S2/c1-5-29(6-2)39(34,35)17-11-9-16(10-12-17)21(30)26-23-20(22(31)27-24(32)36-7-3)18-13-14-28(15-19(18)38-23)25(33)37-8-4/h9-12H,5-8,13-15H2,1-4H3,(H,26,30)(H,27,31,32). The number of imide groups is 1. The lowest BCUT2D eigenvalue weighted by Gasteiger charge is -2.26. The van der Waals surface area contributed by atoms with E-state index >= 15 is 0 Å². The van der Waals surface area contributed by atoms with Crippen molar-refractivity contribution in [1.29, 1.82) is 0 Å². The van der Waals surface area contributed by atoms with Crippen LogP contribution in [-0.2, 0) is 32.5 Å². The minimum absolute atomic E-state index is 0.0582. The first kappa shape index (κ1) is 30.1. The first-order valence-electron chi connectivity index (χ1n) is 12.5. The molecule has 1 aliphatic heterocycles. The summed E-state index contributed by atoms with van der Waals surface area (Å²) in [6, 6.07) is 5.49. The molecule has 0 atom stereocenters. The van der Waals surface area contributed by atoms with E-state index in [0.717, 1.165) is 11.3 Å². The zero-order valence-electron chi connectivity index (χ0n) is 22.2. The molecular weight excluding hydrogens is 548 g/mol. The predicted octanol–water partition coefficient (Wildman–Crippen LogP) is 3.43. The maximum absolute atomic E-state index is 13.1. The molecule has 0 saturated heterocycles. The van der Waals surface area contributed by atoms with Crippen LogP contribution in [0.4, 0.5) is 14.6 Å². The summed E-state index contributed by atoms with van der Waals surface area (Å²) in [5, 5.41) is 5.07. The van der Waals surface area contributed by atoms with Gasteiger partial charge in [0.1, 0.15) is 5.00 Å². The van der Waals surface area contributed by atoms with E-state index in [1.54, 1.807) is 27.7 Å². The molecule has 0 bridgehead atoms. The first-order chi connectivity index (χ1) is 18.6. The highest BCUT2D eigenvalue weighted by molar-refractivity contribution is 7.89. The molecule has 14 heteroatoms. The monoisotopic (exact) mass is 580 g/mol. The Morgan fingerprint density at radius 3 is 2.21 bits per heavy atom. The van der Waals surface area contributed by atoms with Crippen LogP contribution in [0.3, 0.4) is 0 Å². The lowest BCUT2D eigenvalue weighted by molar-refractivity contribution is 0.0924. The van der Waals surface area contributed by atoms with Crippen LogP contribution in [0.2, 0.25) is 0 Å². The molecule has 1 aromatic carbocycles. The van der Waals surface area contributed by atoms with Crippen molar-refractivity contribution in [2.75, 3.05) is 38.2 Å². The van der Waals surface area contributed by atoms with Crippen molar-refractivity contribution < 1.29 is 37.1 Å². The van der Waals surface area contributed by atoms with Gasteiger partial charge in [-0.1, -0.05) is 13.8 Å². The third kappa shape index (κ3) is 6.75. The maximum atomic E-state index is 13.1. The van der Waals surface area contributed by atoms with Gasteiger partial charge in [0.25, 0.3) is 11.8 Å². The summed E-state index contributed by atoms with van der Waals surface area (Å²) < 4.78 is 36.7. The van der Waals surface area contributed by atoms with Gasteiger partial charge in [0, 0.05) is 30.1 Å². The minimum Gasteiger partial charge on any atom is -0.450 e. The molecule has 4 amide bonds. The van der Waals surface area contributed by atoms with Crippen molar-refractivity contribution in [3.05, 3.63) is 45.8 Å². The van der Waals surface area contributed by atoms with Crippen LogP contribution >= 0.6 is 11.3 Å². The van der Waals surface area contributed by atoms with Gasteiger partial charge in [0.2, 0.25) is 10.0 Å². The molecule has 2 heterocycles. The highest BCUT2D eigenvalue weighted by atomic mass is 32.2. The number of fused-ring (bicyclic) bond motifs is 1. The average molecular weight is 581 g/mol. The fourth-order valence-corrected chi connectivity index (χ4v) is 6.80. The number of benzene rings is 1. The Kier molecular flexibility index (Phi) is 10.1. The van der Waals surface area contributed by atoms with Gasteiger partial charge in [-0.15, -0.1) is 11.3 Å². The molecule has 0 fully saturated rings. The number of amides is 4. The number of hydrogen-bond donors (Lipinski definition) is 2. The summed E-state index contributed by atoms with van der Waals surface area (Å²) in [4.78, 5) is 52.6. The molecule has 1 aromatic heterocycles. The van der Waals surface area contributed by atoms with Crippen molar-refractivity contribution in [3.63, 3.8) is 0 Å². The van der Waals surface area contributed by atoms with Gasteiger partial charge >= 0.3 is 12.2 Å². The van der Waals surface area contributed by atoms with Crippen LogP contribution in [0, 0.1) is 0 Å². The summed E-state index contributed by atoms with van der Waals surface area (Å²) >= 11 is 1.11. The van der Waals surface area contributed by atoms with Crippen molar-refractivity contribution in [2.24, 2.45) is 0 Å². The number of carbonyl (C=O) groups is 4. The van der Waals surface area contributed by atoms with Gasteiger partial charge in [-0.2, -0.15) is 4.31 Å². The van der Waals surface area contributed by atoms with E-state index in [4.69, 9.17) is 9.47 Å². The molecule has 0 unspecified atom stereocenters. The molecule has 0 radical (unpaired) electrons. The second-order valence-corrected chi connectivity index (χ2v) is 11.4. The van der Waals surface area contributed by atoms with Gasteiger partial charge in [0.15, 0.2) is 0 Å². The second kappa shape index (κ2) is 13.0. The van der Waals surface area contributed by atoms with Crippen molar-refractivity contribution in [1.82, 2.24) is 14.5 Å². The summed E-state index contributed by atoms with van der Waals surface area (Å²) in [6.07, 6.45) is -1.10. The Bertz CT molecular complexity index is 1330. The molecule has 0 saturated carbocycles. The highest BCUT2D eigenvalue weighted by Gasteiger charge is 2.32. The van der Waals surface area contributed by atoms with Crippen LogP contribution in [0.5, 0.6) is 0 Å². The van der Waals surface area contributed by atoms with Crippen molar-refractivity contribution in [2.45, 2.75) is 45.6 Å². The molecule has 0 spiro atoms. The number of thiophene rings is 1. The van der Waals surface area contributed by atoms with E-state index in [2.05, 4.69) is 10.6 Å². The fourth-order valence-electron chi connectivity index (χ4n) is 4.09. The molecule has 212 valence electrons. The summed E-state index contributed by atoms with van der Waals surface area (Å²) in [5.74, 6) is -1.32. The predicted molar refractivity (Wildman–Crippen MR) is 144 cm³/mol. The lowest BCUT2D eigenvalue weighted by atomic mass is 10.0. The number of alkyl carbamates (subject to hydrolysis) is 1. The van der Waals surface area contributed by atoms with Gasteiger partial charge in [0.05, 0.1) is 30.2 Å². The van der Waals surface area contributed by atoms with E-state index in [1.165, 1.54) is 33.5 Å². The Balaban J connectivity index is 1.90. The molecule has 12 nitrogen and oxygen atoms in total. The van der Waals surface area contributed by atoms with Crippen LogP contribution in [0.1, 0.15) is 58.9 Å². The Hall–Kier alpha value is -3.49. The third-order valence-corrected chi connectivity index (χ3v) is 9.18. The Morgan fingerprint density at radius 2 is 1.62 bits per heavy atom. The number of rotatable bonds is 9. The summed E-state index contributed by atoms with van der Waals surface area (Å²) in [5.41, 5.74) is 0.892. The molecule has 2 aromatic rings. The quantitative estimate of drug-likeness (QED) is 0.458. The number of anilines is 1. The average Bonchev–Trinajstić information content (AvgIpc) is 3.26. The van der Waals surface area contributed by atoms with Crippen LogP contribution in [0.25, 0.3) is 0 Å². The highest BCUT2D eigenvalue weighted by Crippen LogP contribution is 2.37. The first-order valence-corrected chi connectivity index (χ1v) is 14.8. The van der Waals surface area contributed by atoms with Crippen LogP contribution < -0.4 is 10.6 Å². The fraction of sp³-hybridized carbons (Fsp3) is 0.440. The van der Waals surface area contributed by atoms with Crippen molar-refractivity contribution >= 4 is 50.4 Å². The molecule has 0 aliphatic carbocycles. The topological polar surface area (TPSA) is 151 Å². The number of nitrogens with one attached hydrogen (secondary N) is 2. The molecular formula is C25H32N4O8S2. The second-order valence-electron chi connectivity index (χ2n) is 8.32. The number of hydrogen-bond acceptors (Lipinski definition) is 9. The van der Waals surface area contributed by atoms with E-state index in [9.17, 15) is 27.6 Å². The number of sulfonamides is 1. The van der Waals surface area contributed by atoms with Gasteiger partial charge in [-0.3, -0.25) is 14.9 Å². The SMILES string of the molecule is CCOC(=O)NC(=O)c1c(NC(=O)c2ccc(S(=O)(=O)N(CC)CC)cc2)sc2c1CCN(C(=O)OCC)C2. The van der Waals surface area contributed by atoms with Crippen LogP contribution in [-0.4, -0.2) is 74.5 Å². The van der Waals surface area contributed by atoms with Gasteiger partial charge in [-0.25, -0.2) is 18.0 Å². The third-order valence-electron chi connectivity index (χ3n) is 5.99. The number of ether oxygens (including phenoxy) is 2. The van der Waals surface area contributed by atoms with Gasteiger partial charge < -0.3 is 19.7 Å². The van der Waals surface area contributed by atoms with Gasteiger partial charge in [-0.05, 0) is 50.1 Å². The van der Waals surface area contributed by atoms with E-state index < -0.39 is 34.0 Å². The largest absolute Gasteiger partial charge is 0.450 e. The normalized spacial score (nSPS) is 13.0. The summed E-state index contributed by atoms with van der Waals surface area (Å²) in [6.45, 7) is 8.17. The lowest BCUT2D eigenvalue weighted by Crippen LogP contribution is -2.37. The zero-order chi connectivity index (χ0) is 28.7. The number of carbonyl (C=O) groups excluding carboxylic acids is 4. The summed E-state index contributed by atoms with van der Waals surface area (Å²) in [7, 11) is -3.69. The molecule has 3 rings (SSSR count). The minimum atomic E-state index is -3.69. The smallest absolute Gasteiger partial charge is 0.414 e. The van der Waals surface area contributed by atoms with E-state index in [1.807, 2.05) is 0 Å². The zero-order valence-corrected chi connectivity index (χ0v) is 23.9. The number of nitrogens with zero attached hydrogens (tertiary/aromatic N) is 2. The Labute approximate surface area is 231 Å². The molecule has 2 N–H and O–H groups in total. The van der Waals surface area contributed by atoms with E-state index in [-0.39, 0.29) is 47.3 Å². The van der Waals surface area contributed by atoms with Crippen molar-refractivity contribution in [3.8, 4) is 0 Å².